The van der Waals surface area contributed by atoms with Gasteiger partial charge in [0, 0.05) is 21.4 Å². The number of rotatable bonds is 3. The second-order valence-electron chi connectivity index (χ2n) is 6.19. The summed E-state index contributed by atoms with van der Waals surface area (Å²) in [5.74, 6) is 0. The van der Waals surface area contributed by atoms with E-state index >= 15 is 0 Å². The molecule has 2 aromatic carbocycles. The first-order valence-electron chi connectivity index (χ1n) is 8.31. The van der Waals surface area contributed by atoms with E-state index in [9.17, 15) is 0 Å². The zero-order valence-corrected chi connectivity index (χ0v) is 14.7. The minimum Gasteiger partial charge on any atom is -0.303 e. The number of nitrogens with zero attached hydrogens (tertiary/aromatic N) is 1. The summed E-state index contributed by atoms with van der Waals surface area (Å²) in [5.41, 5.74) is 3.97. The molecule has 0 aromatic heterocycles. The molecule has 2 aromatic rings. The van der Waals surface area contributed by atoms with E-state index < -0.39 is 0 Å². The molecule has 0 atom stereocenters. The first-order chi connectivity index (χ1) is 11.3. The third-order valence-electron chi connectivity index (χ3n) is 4.62. The van der Waals surface area contributed by atoms with Crippen molar-refractivity contribution < 1.29 is 0 Å². The van der Waals surface area contributed by atoms with E-state index in [1.165, 1.54) is 52.4 Å². The molecular weight excluding hydrogens is 322 g/mol. The van der Waals surface area contributed by atoms with Gasteiger partial charge in [-0.15, -0.1) is 0 Å². The zero-order valence-electron chi connectivity index (χ0n) is 13.1. The molecule has 1 fully saturated rings. The minimum absolute atomic E-state index is 0.814. The minimum atomic E-state index is 0.814. The number of likely N-dealkylation sites (tertiary alicyclic amines) is 1. The fourth-order valence-electron chi connectivity index (χ4n) is 3.46. The second-order valence-corrected chi connectivity index (χ2v) is 7.71. The largest absolute Gasteiger partial charge is 0.303 e. The molecule has 1 saturated heterocycles. The molecule has 23 heavy (non-hydrogen) atoms. The molecule has 3 heteroatoms. The molecule has 0 spiro atoms. The molecular formula is C20H20ClNS. The van der Waals surface area contributed by atoms with Gasteiger partial charge in [0.15, 0.2) is 0 Å². The molecule has 0 saturated carbocycles. The Kier molecular flexibility index (Phi) is 4.48. The number of hydrogen-bond acceptors (Lipinski definition) is 2. The first-order valence-corrected chi connectivity index (χ1v) is 9.50. The van der Waals surface area contributed by atoms with Gasteiger partial charge in [-0.2, -0.15) is 0 Å². The Balaban J connectivity index is 1.67. The Morgan fingerprint density at radius 3 is 2.65 bits per heavy atom. The van der Waals surface area contributed by atoms with Gasteiger partial charge < -0.3 is 4.90 Å². The van der Waals surface area contributed by atoms with Crippen molar-refractivity contribution in [3.63, 3.8) is 0 Å². The van der Waals surface area contributed by atoms with Gasteiger partial charge in [-0.3, -0.25) is 0 Å². The van der Waals surface area contributed by atoms with E-state index in [1.807, 2.05) is 17.8 Å². The lowest BCUT2D eigenvalue weighted by molar-refractivity contribution is 0.346. The van der Waals surface area contributed by atoms with Crippen molar-refractivity contribution in [2.45, 2.75) is 29.1 Å². The molecule has 4 rings (SSSR count). The summed E-state index contributed by atoms with van der Waals surface area (Å²) in [5, 5.41) is 0.814. The summed E-state index contributed by atoms with van der Waals surface area (Å²) < 4.78 is 0. The average molecular weight is 342 g/mol. The van der Waals surface area contributed by atoms with Gasteiger partial charge >= 0.3 is 0 Å². The molecule has 2 heterocycles. The summed E-state index contributed by atoms with van der Waals surface area (Å²) >= 11 is 8.11. The van der Waals surface area contributed by atoms with Crippen LogP contribution < -0.4 is 0 Å². The summed E-state index contributed by atoms with van der Waals surface area (Å²) in [6.07, 6.45) is 6.22. The van der Waals surface area contributed by atoms with E-state index in [-0.39, 0.29) is 0 Å². The van der Waals surface area contributed by atoms with Crippen molar-refractivity contribution >= 4 is 28.9 Å². The molecule has 2 aliphatic heterocycles. The van der Waals surface area contributed by atoms with Crippen molar-refractivity contribution in [3.05, 3.63) is 64.7 Å². The lowest BCUT2D eigenvalue weighted by Crippen LogP contribution is -2.19. The molecule has 1 nitrogen and oxygen atoms in total. The third-order valence-corrected chi connectivity index (χ3v) is 6.01. The molecule has 118 valence electrons. The van der Waals surface area contributed by atoms with Gasteiger partial charge in [-0.05, 0) is 73.3 Å². The SMILES string of the molecule is Clc1ccc2c(c1)/C(=C\CCN1CCCC1)c1ccccc1S2. The highest BCUT2D eigenvalue weighted by molar-refractivity contribution is 7.99. The van der Waals surface area contributed by atoms with Crippen LogP contribution in [0, 0.1) is 0 Å². The van der Waals surface area contributed by atoms with Gasteiger partial charge in [0.05, 0.1) is 0 Å². The van der Waals surface area contributed by atoms with Crippen LogP contribution in [-0.4, -0.2) is 24.5 Å². The quantitative estimate of drug-likeness (QED) is 0.599. The van der Waals surface area contributed by atoms with Crippen LogP contribution in [0.2, 0.25) is 5.02 Å². The molecule has 0 bridgehead atoms. The monoisotopic (exact) mass is 341 g/mol. The first kappa shape index (κ1) is 15.3. The van der Waals surface area contributed by atoms with Crippen molar-refractivity contribution in [2.75, 3.05) is 19.6 Å². The van der Waals surface area contributed by atoms with Crippen LogP contribution in [0.15, 0.2) is 58.3 Å². The molecule has 2 aliphatic rings. The molecule has 0 radical (unpaired) electrons. The average Bonchev–Trinajstić information content (AvgIpc) is 3.08. The summed E-state index contributed by atoms with van der Waals surface area (Å²) in [6, 6.07) is 14.9. The van der Waals surface area contributed by atoms with Gasteiger partial charge in [0.2, 0.25) is 0 Å². The van der Waals surface area contributed by atoms with E-state index in [0.29, 0.717) is 0 Å². The molecule has 0 unspecified atom stereocenters. The van der Waals surface area contributed by atoms with E-state index in [4.69, 9.17) is 11.6 Å². The number of benzene rings is 2. The number of hydrogen-bond donors (Lipinski definition) is 0. The Hall–Kier alpha value is -1.22. The second kappa shape index (κ2) is 6.72. The Bertz CT molecular complexity index is 747. The standard InChI is InChI=1S/C20H20ClNS/c21-15-9-10-20-18(14-15)16(7-5-13-22-11-3-4-12-22)17-6-1-2-8-19(17)23-20/h1-2,6-10,14H,3-5,11-13H2/b16-7-. The van der Waals surface area contributed by atoms with Crippen LogP contribution in [0.5, 0.6) is 0 Å². The van der Waals surface area contributed by atoms with Gasteiger partial charge in [-0.1, -0.05) is 47.6 Å². The van der Waals surface area contributed by atoms with Crippen molar-refractivity contribution in [3.8, 4) is 0 Å². The van der Waals surface area contributed by atoms with Gasteiger partial charge in [-0.25, -0.2) is 0 Å². The smallest absolute Gasteiger partial charge is 0.0412 e. The fraction of sp³-hybridized carbons (Fsp3) is 0.300. The summed E-state index contributed by atoms with van der Waals surface area (Å²) in [4.78, 5) is 5.22. The van der Waals surface area contributed by atoms with Crippen LogP contribution in [0.4, 0.5) is 0 Å². The van der Waals surface area contributed by atoms with E-state index in [1.54, 1.807) is 0 Å². The Morgan fingerprint density at radius 2 is 1.78 bits per heavy atom. The normalized spacial score (nSPS) is 18.9. The van der Waals surface area contributed by atoms with Crippen molar-refractivity contribution in [1.29, 1.82) is 0 Å². The van der Waals surface area contributed by atoms with Crippen LogP contribution in [0.25, 0.3) is 5.57 Å². The number of halogens is 1. The van der Waals surface area contributed by atoms with Crippen LogP contribution in [-0.2, 0) is 0 Å². The predicted molar refractivity (Wildman–Crippen MR) is 99.4 cm³/mol. The Labute approximate surface area is 147 Å². The predicted octanol–water partition coefficient (Wildman–Crippen LogP) is 5.72. The molecule has 0 amide bonds. The molecule has 0 N–H and O–H groups in total. The van der Waals surface area contributed by atoms with Gasteiger partial charge in [0.1, 0.15) is 0 Å². The number of fused-ring (bicyclic) bond motifs is 2. The molecule has 0 aliphatic carbocycles. The topological polar surface area (TPSA) is 3.24 Å². The third kappa shape index (κ3) is 3.21. The summed E-state index contributed by atoms with van der Waals surface area (Å²) in [6.45, 7) is 3.69. The maximum Gasteiger partial charge on any atom is 0.0412 e. The highest BCUT2D eigenvalue weighted by Crippen LogP contribution is 2.46. The van der Waals surface area contributed by atoms with Gasteiger partial charge in [0.25, 0.3) is 0 Å². The fourth-order valence-corrected chi connectivity index (χ4v) is 4.72. The van der Waals surface area contributed by atoms with Crippen molar-refractivity contribution in [1.82, 2.24) is 4.90 Å². The van der Waals surface area contributed by atoms with E-state index in [0.717, 1.165) is 18.0 Å². The lowest BCUT2D eigenvalue weighted by atomic mass is 9.96. The van der Waals surface area contributed by atoms with Crippen LogP contribution >= 0.6 is 23.4 Å². The summed E-state index contributed by atoms with van der Waals surface area (Å²) in [7, 11) is 0. The maximum absolute atomic E-state index is 6.26. The lowest BCUT2D eigenvalue weighted by Gasteiger charge is -2.22. The highest BCUT2D eigenvalue weighted by Gasteiger charge is 2.20. The van der Waals surface area contributed by atoms with E-state index in [2.05, 4.69) is 47.4 Å². The van der Waals surface area contributed by atoms with Crippen molar-refractivity contribution in [2.24, 2.45) is 0 Å². The maximum atomic E-state index is 6.26. The van der Waals surface area contributed by atoms with Crippen LogP contribution in [0.1, 0.15) is 30.4 Å². The van der Waals surface area contributed by atoms with Crippen LogP contribution in [0.3, 0.4) is 0 Å². The highest BCUT2D eigenvalue weighted by atomic mass is 35.5. The zero-order chi connectivity index (χ0) is 15.6. The Morgan fingerprint density at radius 1 is 1.00 bits per heavy atom.